The highest BCUT2D eigenvalue weighted by molar-refractivity contribution is 6.04. The highest BCUT2D eigenvalue weighted by Gasteiger charge is 2.09. The number of pyridine rings is 2. The third-order valence-corrected chi connectivity index (χ3v) is 3.11. The summed E-state index contributed by atoms with van der Waals surface area (Å²) >= 11 is 0. The molecule has 3 rings (SSSR count). The monoisotopic (exact) mass is 279 g/mol. The van der Waals surface area contributed by atoms with E-state index in [2.05, 4.69) is 15.0 Å². The van der Waals surface area contributed by atoms with Crippen LogP contribution in [0.2, 0.25) is 0 Å². The van der Waals surface area contributed by atoms with E-state index in [1.165, 1.54) is 6.20 Å². The second-order valence-electron chi connectivity index (χ2n) is 4.48. The number of H-pyrrole nitrogens is 1. The van der Waals surface area contributed by atoms with Gasteiger partial charge in [-0.1, -0.05) is 6.07 Å². The Labute approximate surface area is 120 Å². The summed E-state index contributed by atoms with van der Waals surface area (Å²) in [6.45, 7) is 0. The van der Waals surface area contributed by atoms with Crippen LogP contribution in [0, 0.1) is 0 Å². The Morgan fingerprint density at radius 3 is 2.86 bits per heavy atom. The standard InChI is InChI=1S/C15H13N5O/c16-10-6-8-19-15(21)13(10)14(17)20-12-5-1-4-11-9(12)3-2-7-18-11/h1-8H,(H2,17,20)(H3,16,19,21). The van der Waals surface area contributed by atoms with Crippen molar-refractivity contribution in [3.63, 3.8) is 0 Å². The number of aromatic amines is 1. The predicted octanol–water partition coefficient (Wildman–Crippen LogP) is 1.54. The van der Waals surface area contributed by atoms with Crippen molar-refractivity contribution < 1.29 is 0 Å². The van der Waals surface area contributed by atoms with E-state index in [1.807, 2.05) is 30.3 Å². The van der Waals surface area contributed by atoms with Gasteiger partial charge in [-0.05, 0) is 30.3 Å². The van der Waals surface area contributed by atoms with Crippen molar-refractivity contribution in [3.8, 4) is 0 Å². The number of rotatable bonds is 2. The molecule has 1 aromatic carbocycles. The molecule has 2 heterocycles. The van der Waals surface area contributed by atoms with Crippen LogP contribution in [0.3, 0.4) is 0 Å². The summed E-state index contributed by atoms with van der Waals surface area (Å²) in [5.74, 6) is 0.0747. The molecule has 3 aromatic rings. The molecule has 0 aliphatic rings. The molecule has 0 radical (unpaired) electrons. The molecule has 104 valence electrons. The second kappa shape index (κ2) is 5.09. The van der Waals surface area contributed by atoms with E-state index in [9.17, 15) is 4.79 Å². The minimum atomic E-state index is -0.366. The smallest absolute Gasteiger partial charge is 0.261 e. The number of nitrogens with zero attached hydrogens (tertiary/aromatic N) is 2. The molecule has 0 aliphatic heterocycles. The second-order valence-corrected chi connectivity index (χ2v) is 4.48. The molecule has 0 fully saturated rings. The van der Waals surface area contributed by atoms with Crippen molar-refractivity contribution in [1.82, 2.24) is 9.97 Å². The zero-order chi connectivity index (χ0) is 14.8. The quantitative estimate of drug-likeness (QED) is 0.488. The summed E-state index contributed by atoms with van der Waals surface area (Å²) < 4.78 is 0. The van der Waals surface area contributed by atoms with E-state index in [1.54, 1.807) is 12.3 Å². The van der Waals surface area contributed by atoms with Crippen molar-refractivity contribution >= 4 is 28.1 Å². The number of amidine groups is 1. The van der Waals surface area contributed by atoms with Crippen molar-refractivity contribution in [2.24, 2.45) is 10.7 Å². The van der Waals surface area contributed by atoms with Gasteiger partial charge in [0.15, 0.2) is 0 Å². The summed E-state index contributed by atoms with van der Waals surface area (Å²) in [5, 5.41) is 0.855. The Kier molecular flexibility index (Phi) is 3.12. The molecular formula is C15H13N5O. The van der Waals surface area contributed by atoms with E-state index in [4.69, 9.17) is 11.5 Å². The molecule has 6 heteroatoms. The summed E-state index contributed by atoms with van der Waals surface area (Å²) in [5.41, 5.74) is 13.3. The van der Waals surface area contributed by atoms with Crippen LogP contribution < -0.4 is 17.0 Å². The van der Waals surface area contributed by atoms with Gasteiger partial charge in [0.2, 0.25) is 0 Å². The maximum Gasteiger partial charge on any atom is 0.261 e. The Hall–Kier alpha value is -3.15. The molecular weight excluding hydrogens is 266 g/mol. The lowest BCUT2D eigenvalue weighted by molar-refractivity contribution is 1.22. The number of nitrogens with one attached hydrogen (secondary N) is 1. The van der Waals surface area contributed by atoms with Gasteiger partial charge < -0.3 is 16.5 Å². The number of hydrogen-bond donors (Lipinski definition) is 3. The number of hydrogen-bond acceptors (Lipinski definition) is 4. The average molecular weight is 279 g/mol. The van der Waals surface area contributed by atoms with Crippen LogP contribution >= 0.6 is 0 Å². The van der Waals surface area contributed by atoms with E-state index in [-0.39, 0.29) is 17.0 Å². The topological polar surface area (TPSA) is 110 Å². The van der Waals surface area contributed by atoms with Crippen LogP contribution in [-0.4, -0.2) is 15.8 Å². The summed E-state index contributed by atoms with van der Waals surface area (Å²) in [7, 11) is 0. The zero-order valence-electron chi connectivity index (χ0n) is 11.1. The molecule has 0 aliphatic carbocycles. The number of benzene rings is 1. The average Bonchev–Trinajstić information content (AvgIpc) is 2.47. The van der Waals surface area contributed by atoms with Gasteiger partial charge in [-0.25, -0.2) is 4.99 Å². The third-order valence-electron chi connectivity index (χ3n) is 3.11. The summed E-state index contributed by atoms with van der Waals surface area (Å²) in [4.78, 5) is 23.0. The van der Waals surface area contributed by atoms with Crippen LogP contribution in [0.1, 0.15) is 5.56 Å². The third kappa shape index (κ3) is 2.34. The predicted molar refractivity (Wildman–Crippen MR) is 83.6 cm³/mol. The molecule has 0 amide bonds. The van der Waals surface area contributed by atoms with Crippen LogP contribution in [0.5, 0.6) is 0 Å². The SMILES string of the molecule is NC(=Nc1cccc2ncccc12)c1c(N)cc[nH]c1=O. The first-order valence-corrected chi connectivity index (χ1v) is 6.32. The molecule has 0 bridgehead atoms. The fourth-order valence-electron chi connectivity index (χ4n) is 2.13. The number of aromatic nitrogens is 2. The first kappa shape index (κ1) is 12.9. The highest BCUT2D eigenvalue weighted by atomic mass is 16.1. The number of anilines is 1. The summed E-state index contributed by atoms with van der Waals surface area (Å²) in [6, 6.07) is 10.8. The molecule has 0 saturated carbocycles. The van der Waals surface area contributed by atoms with Gasteiger partial charge in [-0.3, -0.25) is 9.78 Å². The van der Waals surface area contributed by atoms with E-state index in [0.717, 1.165) is 10.9 Å². The fourth-order valence-corrected chi connectivity index (χ4v) is 2.13. The van der Waals surface area contributed by atoms with Gasteiger partial charge in [-0.15, -0.1) is 0 Å². The lowest BCUT2D eigenvalue weighted by Gasteiger charge is -2.05. The molecule has 0 unspecified atom stereocenters. The molecule has 6 nitrogen and oxygen atoms in total. The molecule has 0 spiro atoms. The van der Waals surface area contributed by atoms with E-state index < -0.39 is 0 Å². The van der Waals surface area contributed by atoms with E-state index in [0.29, 0.717) is 11.4 Å². The maximum absolute atomic E-state index is 11.8. The first-order valence-electron chi connectivity index (χ1n) is 6.32. The van der Waals surface area contributed by atoms with Gasteiger partial charge in [-0.2, -0.15) is 0 Å². The molecule has 2 aromatic heterocycles. The number of aliphatic imine (C=N–C) groups is 1. The van der Waals surface area contributed by atoms with Crippen molar-refractivity contribution in [3.05, 3.63) is 64.7 Å². The van der Waals surface area contributed by atoms with Gasteiger partial charge in [0.1, 0.15) is 11.4 Å². The minimum Gasteiger partial charge on any atom is -0.398 e. The van der Waals surface area contributed by atoms with Crippen LogP contribution in [-0.2, 0) is 0 Å². The summed E-state index contributed by atoms with van der Waals surface area (Å²) in [6.07, 6.45) is 3.18. The van der Waals surface area contributed by atoms with Crippen LogP contribution in [0.15, 0.2) is 58.6 Å². The van der Waals surface area contributed by atoms with Crippen molar-refractivity contribution in [2.75, 3.05) is 5.73 Å². The largest absolute Gasteiger partial charge is 0.398 e. The lowest BCUT2D eigenvalue weighted by Crippen LogP contribution is -2.25. The molecule has 5 N–H and O–H groups in total. The van der Waals surface area contributed by atoms with Gasteiger partial charge in [0.05, 0.1) is 11.2 Å². The highest BCUT2D eigenvalue weighted by Crippen LogP contribution is 2.24. The molecule has 21 heavy (non-hydrogen) atoms. The Morgan fingerprint density at radius 2 is 2.05 bits per heavy atom. The Balaban J connectivity index is 2.18. The minimum absolute atomic E-state index is 0.0747. The van der Waals surface area contributed by atoms with Gasteiger partial charge >= 0.3 is 0 Å². The number of nitrogens with two attached hydrogens (primary N) is 2. The van der Waals surface area contributed by atoms with Crippen molar-refractivity contribution in [1.29, 1.82) is 0 Å². The normalized spacial score (nSPS) is 11.7. The lowest BCUT2D eigenvalue weighted by atomic mass is 10.1. The first-order chi connectivity index (χ1) is 10.2. The Bertz CT molecular complexity index is 892. The van der Waals surface area contributed by atoms with Crippen LogP contribution in [0.25, 0.3) is 10.9 Å². The van der Waals surface area contributed by atoms with Gasteiger partial charge in [0, 0.05) is 23.5 Å². The Morgan fingerprint density at radius 1 is 1.19 bits per heavy atom. The van der Waals surface area contributed by atoms with Gasteiger partial charge in [0.25, 0.3) is 5.56 Å². The fraction of sp³-hybridized carbons (Fsp3) is 0. The maximum atomic E-state index is 11.8. The van der Waals surface area contributed by atoms with Crippen LogP contribution in [0.4, 0.5) is 11.4 Å². The molecule has 0 atom stereocenters. The number of nitrogen functional groups attached to an aromatic ring is 1. The zero-order valence-corrected chi connectivity index (χ0v) is 11.1. The molecule has 0 saturated heterocycles. The number of fused-ring (bicyclic) bond motifs is 1. The van der Waals surface area contributed by atoms with Crippen molar-refractivity contribution in [2.45, 2.75) is 0 Å². The van der Waals surface area contributed by atoms with E-state index >= 15 is 0 Å².